The molecule has 0 radical (unpaired) electrons. The van der Waals surface area contributed by atoms with Crippen molar-refractivity contribution in [3.8, 4) is 11.3 Å². The van der Waals surface area contributed by atoms with Crippen LogP contribution in [-0.4, -0.2) is 34.1 Å². The molecule has 1 aliphatic heterocycles. The average molecular weight is 438 g/mol. The Morgan fingerprint density at radius 2 is 1.84 bits per heavy atom. The fourth-order valence-corrected chi connectivity index (χ4v) is 3.71. The van der Waals surface area contributed by atoms with E-state index in [0.717, 1.165) is 30.5 Å². The third kappa shape index (κ3) is 4.80. The van der Waals surface area contributed by atoms with Gasteiger partial charge >= 0.3 is 0 Å². The third-order valence-electron chi connectivity index (χ3n) is 5.15. The van der Waals surface area contributed by atoms with Crippen molar-refractivity contribution in [2.45, 2.75) is 19.3 Å². The van der Waals surface area contributed by atoms with Gasteiger partial charge in [-0.2, -0.15) is 0 Å². The summed E-state index contributed by atoms with van der Waals surface area (Å²) in [7, 11) is 0. The summed E-state index contributed by atoms with van der Waals surface area (Å²) in [5.41, 5.74) is 1.87. The highest BCUT2D eigenvalue weighted by Gasteiger charge is 2.17. The molecule has 31 heavy (non-hydrogen) atoms. The highest BCUT2D eigenvalue weighted by Crippen LogP contribution is 2.26. The lowest BCUT2D eigenvalue weighted by Gasteiger charge is -2.27. The molecule has 2 aromatic carbocycles. The van der Waals surface area contributed by atoms with Crippen LogP contribution in [0.5, 0.6) is 0 Å². The van der Waals surface area contributed by atoms with E-state index in [1.807, 2.05) is 18.2 Å². The number of rotatable bonds is 5. The Balaban J connectivity index is 1.50. The fraction of sp³-hybridized carbons (Fsp3) is 0.227. The fourth-order valence-electron chi connectivity index (χ4n) is 3.52. The summed E-state index contributed by atoms with van der Waals surface area (Å²) < 4.78 is 0. The van der Waals surface area contributed by atoms with E-state index in [2.05, 4.69) is 20.4 Å². The first-order chi connectivity index (χ1) is 15.0. The maximum Gasteiger partial charge on any atom is 0.288 e. The monoisotopic (exact) mass is 437 g/mol. The van der Waals surface area contributed by atoms with Gasteiger partial charge in [0.1, 0.15) is 5.02 Å². The molecule has 1 aliphatic rings. The van der Waals surface area contributed by atoms with Gasteiger partial charge in [0.2, 0.25) is 0 Å². The van der Waals surface area contributed by atoms with Crippen LogP contribution in [0.3, 0.4) is 0 Å². The molecule has 0 atom stereocenters. The van der Waals surface area contributed by atoms with Crippen LogP contribution in [0.1, 0.15) is 29.6 Å². The highest BCUT2D eigenvalue weighted by atomic mass is 35.5. The van der Waals surface area contributed by atoms with Gasteiger partial charge in [-0.3, -0.25) is 14.9 Å². The van der Waals surface area contributed by atoms with Crippen LogP contribution in [-0.2, 0) is 0 Å². The zero-order chi connectivity index (χ0) is 21.8. The Morgan fingerprint density at radius 1 is 1.03 bits per heavy atom. The van der Waals surface area contributed by atoms with Crippen molar-refractivity contribution in [1.29, 1.82) is 0 Å². The van der Waals surface area contributed by atoms with Gasteiger partial charge in [0, 0.05) is 36.0 Å². The van der Waals surface area contributed by atoms with Gasteiger partial charge in [0.25, 0.3) is 11.6 Å². The van der Waals surface area contributed by atoms with Crippen LogP contribution in [0.4, 0.5) is 17.2 Å². The lowest BCUT2D eigenvalue weighted by molar-refractivity contribution is -0.384. The van der Waals surface area contributed by atoms with E-state index in [1.54, 1.807) is 18.2 Å². The number of amides is 1. The predicted molar refractivity (Wildman–Crippen MR) is 120 cm³/mol. The Kier molecular flexibility index (Phi) is 6.08. The van der Waals surface area contributed by atoms with E-state index in [0.29, 0.717) is 11.4 Å². The number of benzene rings is 2. The van der Waals surface area contributed by atoms with E-state index >= 15 is 0 Å². The SMILES string of the molecule is O=C(Nc1cccc(-c2ccc(N3CCCCC3)nn2)c1)c1ccc(Cl)c([N+](=O)[O-])c1. The van der Waals surface area contributed by atoms with Crippen molar-refractivity contribution in [3.63, 3.8) is 0 Å². The lowest BCUT2D eigenvalue weighted by atomic mass is 10.1. The van der Waals surface area contributed by atoms with Gasteiger partial charge in [-0.15, -0.1) is 10.2 Å². The number of nitro groups is 1. The molecule has 1 aromatic heterocycles. The summed E-state index contributed by atoms with van der Waals surface area (Å²) in [6.45, 7) is 2.00. The van der Waals surface area contributed by atoms with E-state index in [1.165, 1.54) is 31.4 Å². The summed E-state index contributed by atoms with van der Waals surface area (Å²) in [5.74, 6) is 0.403. The van der Waals surface area contributed by atoms with Gasteiger partial charge in [-0.05, 0) is 55.7 Å². The lowest BCUT2D eigenvalue weighted by Crippen LogP contribution is -2.30. The Labute approximate surface area is 184 Å². The maximum atomic E-state index is 12.6. The number of carbonyl (C=O) groups excluding carboxylic acids is 1. The number of nitrogens with zero attached hydrogens (tertiary/aromatic N) is 4. The molecule has 0 aliphatic carbocycles. The molecule has 0 unspecified atom stereocenters. The van der Waals surface area contributed by atoms with Crippen molar-refractivity contribution in [3.05, 3.63) is 75.3 Å². The van der Waals surface area contributed by atoms with Gasteiger partial charge in [-0.1, -0.05) is 23.7 Å². The predicted octanol–water partition coefficient (Wildman–Crippen LogP) is 4.95. The minimum Gasteiger partial charge on any atom is -0.355 e. The highest BCUT2D eigenvalue weighted by molar-refractivity contribution is 6.32. The minimum absolute atomic E-state index is 0.0184. The quantitative estimate of drug-likeness (QED) is 0.447. The molecule has 9 heteroatoms. The number of aromatic nitrogens is 2. The summed E-state index contributed by atoms with van der Waals surface area (Å²) in [6, 6.07) is 15.0. The normalized spacial score (nSPS) is 13.6. The van der Waals surface area contributed by atoms with Gasteiger partial charge < -0.3 is 10.2 Å². The molecule has 1 saturated heterocycles. The van der Waals surface area contributed by atoms with Gasteiger partial charge in [0.05, 0.1) is 10.6 Å². The zero-order valence-corrected chi connectivity index (χ0v) is 17.4. The number of piperidine rings is 1. The van der Waals surface area contributed by atoms with Crippen LogP contribution < -0.4 is 10.2 Å². The van der Waals surface area contributed by atoms with Gasteiger partial charge in [0.15, 0.2) is 5.82 Å². The van der Waals surface area contributed by atoms with Crippen molar-refractivity contribution in [2.24, 2.45) is 0 Å². The molecule has 158 valence electrons. The standard InChI is InChI=1S/C22H20ClN5O3/c23-18-8-7-16(14-20(18)28(30)31)22(29)24-17-6-4-5-15(13-17)19-9-10-21(26-25-19)27-11-2-1-3-12-27/h4-10,13-14H,1-3,11-12H2,(H,24,29). The summed E-state index contributed by atoms with van der Waals surface area (Å²) in [4.78, 5) is 25.2. The summed E-state index contributed by atoms with van der Waals surface area (Å²) in [5, 5.41) is 22.5. The van der Waals surface area contributed by atoms with Crippen molar-refractivity contribution >= 4 is 34.7 Å². The van der Waals surface area contributed by atoms with Crippen LogP contribution in [0.2, 0.25) is 5.02 Å². The Morgan fingerprint density at radius 3 is 2.55 bits per heavy atom. The molecule has 0 spiro atoms. The third-order valence-corrected chi connectivity index (χ3v) is 5.47. The topological polar surface area (TPSA) is 101 Å². The molecule has 8 nitrogen and oxygen atoms in total. The second kappa shape index (κ2) is 9.09. The van der Waals surface area contributed by atoms with E-state index in [4.69, 9.17) is 11.6 Å². The number of carbonyl (C=O) groups is 1. The Hall–Kier alpha value is -3.52. The molecule has 3 aromatic rings. The molecule has 0 bridgehead atoms. The second-order valence-electron chi connectivity index (χ2n) is 7.28. The number of nitrogens with one attached hydrogen (secondary N) is 1. The van der Waals surface area contributed by atoms with Crippen molar-refractivity contribution < 1.29 is 9.72 Å². The van der Waals surface area contributed by atoms with E-state index in [-0.39, 0.29) is 16.3 Å². The largest absolute Gasteiger partial charge is 0.355 e. The summed E-state index contributed by atoms with van der Waals surface area (Å²) >= 11 is 5.82. The molecule has 2 heterocycles. The number of hydrogen-bond acceptors (Lipinski definition) is 6. The molecule has 4 rings (SSSR count). The van der Waals surface area contributed by atoms with Crippen molar-refractivity contribution in [2.75, 3.05) is 23.3 Å². The van der Waals surface area contributed by atoms with Crippen molar-refractivity contribution in [1.82, 2.24) is 10.2 Å². The molecule has 0 saturated carbocycles. The molecule has 1 amide bonds. The molecular formula is C22H20ClN5O3. The van der Waals surface area contributed by atoms with Crippen LogP contribution >= 0.6 is 11.6 Å². The average Bonchev–Trinajstić information content (AvgIpc) is 2.80. The van der Waals surface area contributed by atoms with Crippen LogP contribution in [0.25, 0.3) is 11.3 Å². The van der Waals surface area contributed by atoms with E-state index < -0.39 is 10.8 Å². The first-order valence-corrected chi connectivity index (χ1v) is 10.3. The molecule has 1 N–H and O–H groups in total. The van der Waals surface area contributed by atoms with Crippen LogP contribution in [0.15, 0.2) is 54.6 Å². The number of halogens is 1. The van der Waals surface area contributed by atoms with Crippen LogP contribution in [0, 0.1) is 10.1 Å². The smallest absolute Gasteiger partial charge is 0.288 e. The number of nitro benzene ring substituents is 1. The minimum atomic E-state index is -0.619. The maximum absolute atomic E-state index is 12.6. The molecule has 1 fully saturated rings. The molecular weight excluding hydrogens is 418 g/mol. The second-order valence-corrected chi connectivity index (χ2v) is 7.69. The van der Waals surface area contributed by atoms with E-state index in [9.17, 15) is 14.9 Å². The number of anilines is 2. The first kappa shape index (κ1) is 20.7. The number of hydrogen-bond donors (Lipinski definition) is 1. The first-order valence-electron chi connectivity index (χ1n) is 9.96. The zero-order valence-electron chi connectivity index (χ0n) is 16.6. The Bertz CT molecular complexity index is 1110. The summed E-state index contributed by atoms with van der Waals surface area (Å²) in [6.07, 6.45) is 3.59. The van der Waals surface area contributed by atoms with Gasteiger partial charge in [-0.25, -0.2) is 0 Å².